The molecule has 0 heterocycles. The van der Waals surface area contributed by atoms with Gasteiger partial charge in [0.15, 0.2) is 0 Å². The molecule has 0 aliphatic carbocycles. The Morgan fingerprint density at radius 3 is 2.60 bits per heavy atom. The number of ether oxygens (including phenoxy) is 1. The van der Waals surface area contributed by atoms with E-state index in [9.17, 15) is 5.11 Å². The van der Waals surface area contributed by atoms with E-state index in [-0.39, 0.29) is 0 Å². The van der Waals surface area contributed by atoms with E-state index in [0.29, 0.717) is 27.8 Å². The van der Waals surface area contributed by atoms with E-state index in [1.54, 1.807) is 31.4 Å². The summed E-state index contributed by atoms with van der Waals surface area (Å²) in [5.74, 6) is 0.568. The van der Waals surface area contributed by atoms with Crippen molar-refractivity contribution in [2.75, 3.05) is 7.11 Å². The largest absolute Gasteiger partial charge is 0.496 e. The predicted octanol–water partition coefficient (Wildman–Crippen LogP) is 5.04. The molecule has 106 valence electrons. The topological polar surface area (TPSA) is 29.5 Å². The molecule has 0 amide bonds. The molecule has 0 saturated heterocycles. The molecule has 0 spiro atoms. The Bertz CT molecular complexity index is 617. The number of rotatable bonds is 4. The van der Waals surface area contributed by atoms with Gasteiger partial charge in [0.2, 0.25) is 0 Å². The van der Waals surface area contributed by atoms with Gasteiger partial charge in [-0.1, -0.05) is 51.3 Å². The lowest BCUT2D eigenvalue weighted by Gasteiger charge is -2.17. The highest BCUT2D eigenvalue weighted by Crippen LogP contribution is 2.35. The number of hydrogen-bond acceptors (Lipinski definition) is 2. The minimum atomic E-state index is -0.780. The molecule has 5 heteroatoms. The van der Waals surface area contributed by atoms with Gasteiger partial charge in [0.05, 0.1) is 18.2 Å². The van der Waals surface area contributed by atoms with E-state index < -0.39 is 6.10 Å². The van der Waals surface area contributed by atoms with E-state index in [0.717, 1.165) is 10.0 Å². The third-order valence-corrected chi connectivity index (χ3v) is 4.17. The van der Waals surface area contributed by atoms with Crippen molar-refractivity contribution in [3.05, 3.63) is 62.0 Å². The fraction of sp³-hybridized carbons (Fsp3) is 0.200. The Kier molecular flexibility index (Phi) is 5.33. The number of methoxy groups -OCH3 is 1. The molecule has 0 bridgehead atoms. The lowest BCUT2D eigenvalue weighted by atomic mass is 10.0. The van der Waals surface area contributed by atoms with Crippen LogP contribution in [0.15, 0.2) is 40.9 Å². The minimum Gasteiger partial charge on any atom is -0.496 e. The normalized spacial score (nSPS) is 12.2. The molecule has 0 fully saturated rings. The van der Waals surface area contributed by atoms with E-state index in [2.05, 4.69) is 15.9 Å². The summed E-state index contributed by atoms with van der Waals surface area (Å²) in [7, 11) is 1.55. The second kappa shape index (κ2) is 6.81. The maximum atomic E-state index is 10.4. The van der Waals surface area contributed by atoms with Gasteiger partial charge in [0.1, 0.15) is 5.75 Å². The average Bonchev–Trinajstić information content (AvgIpc) is 2.41. The molecular formula is C15H13BrCl2O2. The number of aliphatic hydroxyl groups is 1. The van der Waals surface area contributed by atoms with Crippen molar-refractivity contribution in [1.82, 2.24) is 0 Å². The van der Waals surface area contributed by atoms with E-state index in [1.807, 2.05) is 12.1 Å². The van der Waals surface area contributed by atoms with Crippen LogP contribution in [0.3, 0.4) is 0 Å². The minimum absolute atomic E-state index is 0.367. The van der Waals surface area contributed by atoms with Crippen molar-refractivity contribution in [2.24, 2.45) is 0 Å². The van der Waals surface area contributed by atoms with Crippen LogP contribution in [0.1, 0.15) is 17.2 Å². The van der Waals surface area contributed by atoms with Gasteiger partial charge in [0, 0.05) is 21.5 Å². The van der Waals surface area contributed by atoms with Crippen LogP contribution in [0, 0.1) is 0 Å². The zero-order chi connectivity index (χ0) is 14.7. The monoisotopic (exact) mass is 374 g/mol. The second-order valence-corrected chi connectivity index (χ2v) is 6.04. The summed E-state index contributed by atoms with van der Waals surface area (Å²) in [6.45, 7) is 0. The first kappa shape index (κ1) is 15.6. The van der Waals surface area contributed by atoms with Crippen molar-refractivity contribution in [3.63, 3.8) is 0 Å². The lowest BCUT2D eigenvalue weighted by Crippen LogP contribution is -2.05. The number of hydrogen-bond donors (Lipinski definition) is 1. The summed E-state index contributed by atoms with van der Waals surface area (Å²) in [6, 6.07) is 10.8. The van der Waals surface area contributed by atoms with Crippen LogP contribution >= 0.6 is 39.1 Å². The first-order valence-electron chi connectivity index (χ1n) is 5.97. The summed E-state index contributed by atoms with van der Waals surface area (Å²) in [5.41, 5.74) is 1.43. The summed E-state index contributed by atoms with van der Waals surface area (Å²) in [5, 5.41) is 11.5. The third-order valence-electron chi connectivity index (χ3n) is 2.99. The number of halogens is 3. The highest BCUT2D eigenvalue weighted by atomic mass is 79.9. The Balaban J connectivity index is 2.30. The van der Waals surface area contributed by atoms with Gasteiger partial charge >= 0.3 is 0 Å². The Hall–Kier alpha value is -0.740. The van der Waals surface area contributed by atoms with E-state index >= 15 is 0 Å². The average molecular weight is 376 g/mol. The van der Waals surface area contributed by atoms with E-state index in [1.165, 1.54) is 0 Å². The Morgan fingerprint density at radius 1 is 1.20 bits per heavy atom. The molecule has 1 N–H and O–H groups in total. The molecule has 1 atom stereocenters. The van der Waals surface area contributed by atoms with Gasteiger partial charge in [-0.05, 0) is 29.8 Å². The molecule has 2 aromatic carbocycles. The van der Waals surface area contributed by atoms with Crippen molar-refractivity contribution in [1.29, 1.82) is 0 Å². The highest BCUT2D eigenvalue weighted by molar-refractivity contribution is 9.10. The van der Waals surface area contributed by atoms with Crippen LogP contribution in [0.2, 0.25) is 10.0 Å². The van der Waals surface area contributed by atoms with Crippen LogP contribution in [0.25, 0.3) is 0 Å². The zero-order valence-electron chi connectivity index (χ0n) is 10.7. The van der Waals surface area contributed by atoms with Crippen molar-refractivity contribution in [2.45, 2.75) is 12.5 Å². The quantitative estimate of drug-likeness (QED) is 0.810. The maximum absolute atomic E-state index is 10.4. The predicted molar refractivity (Wildman–Crippen MR) is 85.8 cm³/mol. The summed E-state index contributed by atoms with van der Waals surface area (Å²) in [6.07, 6.45) is -0.413. The molecule has 0 radical (unpaired) electrons. The van der Waals surface area contributed by atoms with Crippen molar-refractivity contribution in [3.8, 4) is 5.75 Å². The number of benzene rings is 2. The molecule has 2 rings (SSSR count). The molecule has 0 aliphatic rings. The Labute approximate surface area is 136 Å². The molecule has 2 aromatic rings. The number of aliphatic hydroxyl groups excluding tert-OH is 1. The fourth-order valence-electron chi connectivity index (χ4n) is 2.02. The van der Waals surface area contributed by atoms with E-state index in [4.69, 9.17) is 27.9 Å². The van der Waals surface area contributed by atoms with Gasteiger partial charge in [-0.3, -0.25) is 0 Å². The van der Waals surface area contributed by atoms with Gasteiger partial charge in [-0.2, -0.15) is 0 Å². The molecule has 2 nitrogen and oxygen atoms in total. The first-order valence-corrected chi connectivity index (χ1v) is 7.52. The van der Waals surface area contributed by atoms with Crippen LogP contribution in [0.5, 0.6) is 5.75 Å². The maximum Gasteiger partial charge on any atom is 0.126 e. The Morgan fingerprint density at radius 2 is 1.95 bits per heavy atom. The molecule has 0 aromatic heterocycles. The summed E-state index contributed by atoms with van der Waals surface area (Å²) < 4.78 is 6.15. The molecule has 20 heavy (non-hydrogen) atoms. The highest BCUT2D eigenvalue weighted by Gasteiger charge is 2.18. The van der Waals surface area contributed by atoms with Crippen molar-refractivity contribution >= 4 is 39.1 Å². The van der Waals surface area contributed by atoms with Crippen molar-refractivity contribution < 1.29 is 9.84 Å². The summed E-state index contributed by atoms with van der Waals surface area (Å²) in [4.78, 5) is 0. The zero-order valence-corrected chi connectivity index (χ0v) is 13.8. The van der Waals surface area contributed by atoms with Crippen LogP contribution in [-0.4, -0.2) is 12.2 Å². The van der Waals surface area contributed by atoms with Gasteiger partial charge in [-0.15, -0.1) is 0 Å². The smallest absolute Gasteiger partial charge is 0.126 e. The molecule has 0 aliphatic heterocycles. The second-order valence-electron chi connectivity index (χ2n) is 4.31. The molecule has 0 saturated carbocycles. The van der Waals surface area contributed by atoms with Crippen LogP contribution < -0.4 is 4.74 Å². The van der Waals surface area contributed by atoms with Gasteiger partial charge in [-0.25, -0.2) is 0 Å². The first-order chi connectivity index (χ1) is 9.52. The molecular weight excluding hydrogens is 363 g/mol. The SMILES string of the molecule is COc1cccc(Cl)c1C(O)Cc1ccc(Br)cc1Cl. The summed E-state index contributed by atoms with van der Waals surface area (Å²) >= 11 is 15.7. The van der Waals surface area contributed by atoms with Crippen LogP contribution in [-0.2, 0) is 6.42 Å². The standard InChI is InChI=1S/C15H13BrCl2O2/c1-20-14-4-2-3-11(17)15(14)13(19)7-9-5-6-10(16)8-12(9)18/h2-6,8,13,19H,7H2,1H3. The van der Waals surface area contributed by atoms with Crippen LogP contribution in [0.4, 0.5) is 0 Å². The fourth-order valence-corrected chi connectivity index (χ4v) is 3.06. The lowest BCUT2D eigenvalue weighted by molar-refractivity contribution is 0.174. The molecule has 1 unspecified atom stereocenters. The van der Waals surface area contributed by atoms with Gasteiger partial charge in [0.25, 0.3) is 0 Å². The third kappa shape index (κ3) is 3.47. The van der Waals surface area contributed by atoms with Gasteiger partial charge < -0.3 is 9.84 Å².